The van der Waals surface area contributed by atoms with E-state index < -0.39 is 0 Å². The quantitative estimate of drug-likeness (QED) is 0.628. The summed E-state index contributed by atoms with van der Waals surface area (Å²) in [5, 5.41) is 1.04. The molecule has 1 aromatic rings. The van der Waals surface area contributed by atoms with Gasteiger partial charge < -0.3 is 0 Å². The van der Waals surface area contributed by atoms with E-state index in [2.05, 4.69) is 41.1 Å². The van der Waals surface area contributed by atoms with Gasteiger partial charge in [0.2, 0.25) is 0 Å². The molecule has 1 aliphatic rings. The fourth-order valence-corrected chi connectivity index (χ4v) is 4.13. The van der Waals surface area contributed by atoms with Gasteiger partial charge in [0.25, 0.3) is 0 Å². The second-order valence-corrected chi connectivity index (χ2v) is 6.61. The van der Waals surface area contributed by atoms with E-state index in [9.17, 15) is 0 Å². The third-order valence-corrected chi connectivity index (χ3v) is 5.47. The zero-order valence-corrected chi connectivity index (χ0v) is 12.9. The molecule has 1 aliphatic carbocycles. The molecule has 94 valence electrons. The molecule has 2 rings (SSSR count). The van der Waals surface area contributed by atoms with Crippen LogP contribution < -0.4 is 0 Å². The summed E-state index contributed by atoms with van der Waals surface area (Å²) in [6, 6.07) is 4.54. The Morgan fingerprint density at radius 3 is 2.71 bits per heavy atom. The van der Waals surface area contributed by atoms with Gasteiger partial charge in [0.05, 0.1) is 0 Å². The molecule has 0 unspecified atom stereocenters. The first-order valence-corrected chi connectivity index (χ1v) is 8.62. The van der Waals surface area contributed by atoms with Crippen molar-refractivity contribution in [3.05, 3.63) is 27.5 Å². The topological polar surface area (TPSA) is 0 Å². The Hall–Kier alpha value is -0.0800. The standard InChI is InChI=1S/C15H21BrS/c1-2-14-8-9-15(17-14)10-13(11-16)12-6-4-3-5-7-12/h8-10,12H,2-7,11H2,1H3. The van der Waals surface area contributed by atoms with Gasteiger partial charge in [-0.25, -0.2) is 0 Å². The monoisotopic (exact) mass is 312 g/mol. The van der Waals surface area contributed by atoms with Gasteiger partial charge in [-0.1, -0.05) is 47.7 Å². The van der Waals surface area contributed by atoms with Gasteiger partial charge in [-0.3, -0.25) is 0 Å². The molecule has 0 aliphatic heterocycles. The van der Waals surface area contributed by atoms with E-state index in [-0.39, 0.29) is 0 Å². The molecule has 1 saturated carbocycles. The molecular weight excluding hydrogens is 292 g/mol. The van der Waals surface area contributed by atoms with E-state index in [1.807, 2.05) is 11.3 Å². The Labute approximate surface area is 117 Å². The van der Waals surface area contributed by atoms with E-state index in [1.54, 1.807) is 5.57 Å². The molecule has 0 N–H and O–H groups in total. The average molecular weight is 313 g/mol. The van der Waals surface area contributed by atoms with Gasteiger partial charge in [-0.2, -0.15) is 0 Å². The highest BCUT2D eigenvalue weighted by Gasteiger charge is 2.17. The Bertz CT molecular complexity index is 372. The summed E-state index contributed by atoms with van der Waals surface area (Å²) in [5.74, 6) is 0.829. The number of hydrogen-bond acceptors (Lipinski definition) is 1. The molecule has 0 aromatic carbocycles. The zero-order chi connectivity index (χ0) is 12.1. The van der Waals surface area contributed by atoms with Crippen LogP contribution in [0.15, 0.2) is 17.7 Å². The van der Waals surface area contributed by atoms with E-state index in [1.165, 1.54) is 41.9 Å². The highest BCUT2D eigenvalue weighted by Crippen LogP contribution is 2.32. The first-order chi connectivity index (χ1) is 8.33. The zero-order valence-electron chi connectivity index (χ0n) is 10.5. The Kier molecular flexibility index (Phi) is 5.30. The minimum absolute atomic E-state index is 0.829. The van der Waals surface area contributed by atoms with E-state index in [0.29, 0.717) is 0 Å². The van der Waals surface area contributed by atoms with Crippen LogP contribution in [0.25, 0.3) is 6.08 Å². The fraction of sp³-hybridized carbons (Fsp3) is 0.600. The van der Waals surface area contributed by atoms with Crippen molar-refractivity contribution in [3.8, 4) is 0 Å². The van der Waals surface area contributed by atoms with Gasteiger partial charge >= 0.3 is 0 Å². The molecule has 2 heteroatoms. The second kappa shape index (κ2) is 6.75. The molecule has 0 nitrogen and oxygen atoms in total. The molecule has 0 bridgehead atoms. The first kappa shape index (κ1) is 13.4. The summed E-state index contributed by atoms with van der Waals surface area (Å²) >= 11 is 5.61. The van der Waals surface area contributed by atoms with Crippen molar-refractivity contribution in [2.24, 2.45) is 5.92 Å². The van der Waals surface area contributed by atoms with Gasteiger partial charge in [0, 0.05) is 15.1 Å². The van der Waals surface area contributed by atoms with Crippen molar-refractivity contribution >= 4 is 33.3 Å². The number of hydrogen-bond donors (Lipinski definition) is 0. The van der Waals surface area contributed by atoms with Crippen LogP contribution in [0.3, 0.4) is 0 Å². The van der Waals surface area contributed by atoms with E-state index >= 15 is 0 Å². The third-order valence-electron chi connectivity index (χ3n) is 3.64. The molecule has 1 heterocycles. The predicted octanol–water partition coefficient (Wildman–Crippen LogP) is 5.67. The van der Waals surface area contributed by atoms with Crippen LogP contribution in [0.5, 0.6) is 0 Å². The highest BCUT2D eigenvalue weighted by molar-refractivity contribution is 9.09. The van der Waals surface area contributed by atoms with Gasteiger partial charge in [0.15, 0.2) is 0 Å². The van der Waals surface area contributed by atoms with E-state index in [4.69, 9.17) is 0 Å². The first-order valence-electron chi connectivity index (χ1n) is 6.68. The van der Waals surface area contributed by atoms with Gasteiger partial charge in [-0.05, 0) is 43.4 Å². The highest BCUT2D eigenvalue weighted by atomic mass is 79.9. The predicted molar refractivity (Wildman–Crippen MR) is 82.0 cm³/mol. The molecule has 0 atom stereocenters. The van der Waals surface area contributed by atoms with Crippen LogP contribution in [-0.4, -0.2) is 5.33 Å². The van der Waals surface area contributed by atoms with Crippen LogP contribution in [0.4, 0.5) is 0 Å². The van der Waals surface area contributed by atoms with Crippen LogP contribution in [0, 0.1) is 5.92 Å². The lowest BCUT2D eigenvalue weighted by Gasteiger charge is -2.23. The maximum atomic E-state index is 3.67. The van der Waals surface area contributed by atoms with Crippen LogP contribution in [0.1, 0.15) is 48.8 Å². The summed E-state index contributed by atoms with van der Waals surface area (Å²) in [7, 11) is 0. The normalized spacial score (nSPS) is 18.6. The largest absolute Gasteiger partial charge is 0.141 e. The summed E-state index contributed by atoms with van der Waals surface area (Å²) in [6.07, 6.45) is 10.6. The lowest BCUT2D eigenvalue weighted by Crippen LogP contribution is -2.09. The van der Waals surface area contributed by atoms with Crippen molar-refractivity contribution in [1.82, 2.24) is 0 Å². The second-order valence-electron chi connectivity index (χ2n) is 4.85. The minimum atomic E-state index is 0.829. The SMILES string of the molecule is CCc1ccc(C=C(CBr)C2CCCCC2)s1. The van der Waals surface area contributed by atoms with Crippen molar-refractivity contribution in [1.29, 1.82) is 0 Å². The van der Waals surface area contributed by atoms with Crippen molar-refractivity contribution in [2.75, 3.05) is 5.33 Å². The number of aryl methyl sites for hydroxylation is 1. The molecular formula is C15H21BrS. The number of thiophene rings is 1. The Morgan fingerprint density at radius 1 is 1.35 bits per heavy atom. The van der Waals surface area contributed by atoms with Gasteiger partial charge in [-0.15, -0.1) is 11.3 Å². The average Bonchev–Trinajstić information content (AvgIpc) is 2.84. The van der Waals surface area contributed by atoms with Crippen molar-refractivity contribution in [2.45, 2.75) is 45.4 Å². The third kappa shape index (κ3) is 3.69. The lowest BCUT2D eigenvalue weighted by atomic mass is 9.84. The summed E-state index contributed by atoms with van der Waals surface area (Å²) in [4.78, 5) is 2.93. The van der Waals surface area contributed by atoms with Crippen LogP contribution in [0.2, 0.25) is 0 Å². The molecule has 0 amide bonds. The lowest BCUT2D eigenvalue weighted by molar-refractivity contribution is 0.406. The molecule has 0 spiro atoms. The number of alkyl halides is 1. The number of allylic oxidation sites excluding steroid dienone is 1. The van der Waals surface area contributed by atoms with Crippen LogP contribution >= 0.6 is 27.3 Å². The molecule has 1 aromatic heterocycles. The number of halogens is 1. The fourth-order valence-electron chi connectivity index (χ4n) is 2.58. The number of rotatable bonds is 4. The Morgan fingerprint density at radius 2 is 2.12 bits per heavy atom. The van der Waals surface area contributed by atoms with Crippen molar-refractivity contribution in [3.63, 3.8) is 0 Å². The summed E-state index contributed by atoms with van der Waals surface area (Å²) in [5.41, 5.74) is 1.61. The maximum absolute atomic E-state index is 3.67. The molecule has 1 fully saturated rings. The van der Waals surface area contributed by atoms with Crippen molar-refractivity contribution < 1.29 is 0 Å². The maximum Gasteiger partial charge on any atom is 0.0273 e. The van der Waals surface area contributed by atoms with Crippen LogP contribution in [-0.2, 0) is 6.42 Å². The van der Waals surface area contributed by atoms with E-state index in [0.717, 1.165) is 17.7 Å². The minimum Gasteiger partial charge on any atom is -0.141 e. The molecule has 17 heavy (non-hydrogen) atoms. The smallest absolute Gasteiger partial charge is 0.0273 e. The Balaban J connectivity index is 2.10. The molecule has 0 radical (unpaired) electrons. The summed E-state index contributed by atoms with van der Waals surface area (Å²) < 4.78 is 0. The molecule has 0 saturated heterocycles. The summed E-state index contributed by atoms with van der Waals surface area (Å²) in [6.45, 7) is 2.23. The van der Waals surface area contributed by atoms with Gasteiger partial charge in [0.1, 0.15) is 0 Å².